The van der Waals surface area contributed by atoms with Crippen molar-refractivity contribution in [3.8, 4) is 0 Å². The molecule has 0 aliphatic carbocycles. The van der Waals surface area contributed by atoms with Gasteiger partial charge in [0.1, 0.15) is 0 Å². The number of ether oxygens (including phenoxy) is 1. The summed E-state index contributed by atoms with van der Waals surface area (Å²) in [5, 5.41) is 0. The van der Waals surface area contributed by atoms with Crippen LogP contribution in [0.25, 0.3) is 0 Å². The van der Waals surface area contributed by atoms with Crippen LogP contribution in [-0.2, 0) is 9.53 Å². The Morgan fingerprint density at radius 2 is 2.00 bits per heavy atom. The second-order valence-electron chi connectivity index (χ2n) is 4.76. The van der Waals surface area contributed by atoms with E-state index < -0.39 is 0 Å². The Labute approximate surface area is 92.8 Å². The van der Waals surface area contributed by atoms with Crippen LogP contribution in [0, 0.1) is 11.8 Å². The van der Waals surface area contributed by atoms with E-state index in [-0.39, 0.29) is 11.8 Å². The van der Waals surface area contributed by atoms with Crippen molar-refractivity contribution >= 4 is 5.91 Å². The summed E-state index contributed by atoms with van der Waals surface area (Å²) >= 11 is 0. The lowest BCUT2D eigenvalue weighted by Crippen LogP contribution is -2.32. The third kappa shape index (κ3) is 4.20. The highest BCUT2D eigenvalue weighted by Gasteiger charge is 2.17. The number of rotatable bonds is 4. The molecule has 3 heteroatoms. The molecule has 1 heterocycles. The maximum Gasteiger partial charge on any atom is 0.224 e. The van der Waals surface area contributed by atoms with Crippen LogP contribution < -0.4 is 0 Å². The highest BCUT2D eigenvalue weighted by Crippen LogP contribution is 2.18. The summed E-state index contributed by atoms with van der Waals surface area (Å²) in [7, 11) is 1.90. The lowest BCUT2D eigenvalue weighted by Gasteiger charge is -2.25. The van der Waals surface area contributed by atoms with Crippen LogP contribution in [0.3, 0.4) is 0 Å². The number of amides is 1. The third-order valence-electron chi connectivity index (χ3n) is 3.08. The molecule has 0 aromatic carbocycles. The van der Waals surface area contributed by atoms with Gasteiger partial charge in [0.25, 0.3) is 0 Å². The minimum atomic E-state index is 0.115. The van der Waals surface area contributed by atoms with E-state index in [4.69, 9.17) is 4.74 Å². The molecule has 3 nitrogen and oxygen atoms in total. The molecule has 0 aromatic heterocycles. The zero-order valence-electron chi connectivity index (χ0n) is 10.2. The maximum absolute atomic E-state index is 11.6. The minimum absolute atomic E-state index is 0.115. The SMILES string of the molecule is CC(C)C(=O)N(C)CCC1CCOCC1. The fourth-order valence-electron chi connectivity index (χ4n) is 1.96. The lowest BCUT2D eigenvalue weighted by molar-refractivity contribution is -0.133. The second-order valence-corrected chi connectivity index (χ2v) is 4.76. The molecule has 1 aliphatic heterocycles. The lowest BCUT2D eigenvalue weighted by atomic mass is 9.96. The van der Waals surface area contributed by atoms with Gasteiger partial charge < -0.3 is 9.64 Å². The van der Waals surface area contributed by atoms with Crippen molar-refractivity contribution in [2.24, 2.45) is 11.8 Å². The molecule has 0 radical (unpaired) electrons. The van der Waals surface area contributed by atoms with Crippen molar-refractivity contribution in [3.63, 3.8) is 0 Å². The molecule has 0 bridgehead atoms. The van der Waals surface area contributed by atoms with Crippen LogP contribution in [0.15, 0.2) is 0 Å². The Morgan fingerprint density at radius 3 is 2.53 bits per heavy atom. The van der Waals surface area contributed by atoms with Crippen LogP contribution >= 0.6 is 0 Å². The number of carbonyl (C=O) groups excluding carboxylic acids is 1. The van der Waals surface area contributed by atoms with Crippen LogP contribution in [0.1, 0.15) is 33.1 Å². The maximum atomic E-state index is 11.6. The molecule has 15 heavy (non-hydrogen) atoms. The predicted molar refractivity (Wildman–Crippen MR) is 60.6 cm³/mol. The van der Waals surface area contributed by atoms with Crippen molar-refractivity contribution < 1.29 is 9.53 Å². The average molecular weight is 213 g/mol. The van der Waals surface area contributed by atoms with Gasteiger partial charge in [0.05, 0.1) is 0 Å². The van der Waals surface area contributed by atoms with Crippen molar-refractivity contribution in [1.82, 2.24) is 4.90 Å². The largest absolute Gasteiger partial charge is 0.381 e. The second kappa shape index (κ2) is 6.11. The van der Waals surface area contributed by atoms with Gasteiger partial charge in [-0.15, -0.1) is 0 Å². The van der Waals surface area contributed by atoms with E-state index in [1.807, 2.05) is 25.8 Å². The van der Waals surface area contributed by atoms with Crippen molar-refractivity contribution in [2.45, 2.75) is 33.1 Å². The zero-order chi connectivity index (χ0) is 11.3. The van der Waals surface area contributed by atoms with Crippen molar-refractivity contribution in [3.05, 3.63) is 0 Å². The van der Waals surface area contributed by atoms with E-state index in [9.17, 15) is 4.79 Å². The van der Waals surface area contributed by atoms with E-state index >= 15 is 0 Å². The first-order valence-corrected chi connectivity index (χ1v) is 5.94. The first kappa shape index (κ1) is 12.5. The summed E-state index contributed by atoms with van der Waals surface area (Å²) in [6, 6.07) is 0. The standard InChI is InChI=1S/C12H23NO2/c1-10(2)12(14)13(3)7-4-11-5-8-15-9-6-11/h10-11H,4-9H2,1-3H3. The molecule has 1 rings (SSSR count). The first-order valence-electron chi connectivity index (χ1n) is 5.94. The van der Waals surface area contributed by atoms with E-state index in [1.54, 1.807) is 0 Å². The van der Waals surface area contributed by atoms with Gasteiger partial charge in [-0.25, -0.2) is 0 Å². The van der Waals surface area contributed by atoms with Crippen LogP contribution in [0.2, 0.25) is 0 Å². The average Bonchev–Trinajstić information content (AvgIpc) is 2.26. The van der Waals surface area contributed by atoms with E-state index in [1.165, 1.54) is 0 Å². The van der Waals surface area contributed by atoms with Crippen LogP contribution in [0.4, 0.5) is 0 Å². The zero-order valence-corrected chi connectivity index (χ0v) is 10.2. The van der Waals surface area contributed by atoms with Crippen LogP contribution in [-0.4, -0.2) is 37.6 Å². The number of hydrogen-bond acceptors (Lipinski definition) is 2. The minimum Gasteiger partial charge on any atom is -0.381 e. The van der Waals surface area contributed by atoms with Gasteiger partial charge in [-0.3, -0.25) is 4.79 Å². The smallest absolute Gasteiger partial charge is 0.224 e. The summed E-state index contributed by atoms with van der Waals surface area (Å²) in [5.74, 6) is 1.12. The highest BCUT2D eigenvalue weighted by atomic mass is 16.5. The number of carbonyl (C=O) groups is 1. The van der Waals surface area contributed by atoms with E-state index in [0.29, 0.717) is 0 Å². The van der Waals surface area contributed by atoms with Crippen LogP contribution in [0.5, 0.6) is 0 Å². The summed E-state index contributed by atoms with van der Waals surface area (Å²) in [4.78, 5) is 13.5. The Kier molecular flexibility index (Phi) is 5.09. The summed E-state index contributed by atoms with van der Waals surface area (Å²) in [6.45, 7) is 6.58. The fourth-order valence-corrected chi connectivity index (χ4v) is 1.96. The first-order chi connectivity index (χ1) is 7.11. The quantitative estimate of drug-likeness (QED) is 0.714. The predicted octanol–water partition coefficient (Wildman–Crippen LogP) is 1.92. The summed E-state index contributed by atoms with van der Waals surface area (Å²) < 4.78 is 5.31. The summed E-state index contributed by atoms with van der Waals surface area (Å²) in [6.07, 6.45) is 3.44. The molecule has 1 aliphatic rings. The number of hydrogen-bond donors (Lipinski definition) is 0. The van der Waals surface area contributed by atoms with Gasteiger partial charge in [0.15, 0.2) is 0 Å². The Balaban J connectivity index is 2.20. The molecule has 0 unspecified atom stereocenters. The molecule has 0 aromatic rings. The highest BCUT2D eigenvalue weighted by molar-refractivity contribution is 5.77. The summed E-state index contributed by atoms with van der Waals surface area (Å²) in [5.41, 5.74) is 0. The van der Waals surface area contributed by atoms with Crippen molar-refractivity contribution in [2.75, 3.05) is 26.8 Å². The molecule has 1 amide bonds. The monoisotopic (exact) mass is 213 g/mol. The van der Waals surface area contributed by atoms with E-state index in [0.717, 1.165) is 44.9 Å². The van der Waals surface area contributed by atoms with Gasteiger partial charge >= 0.3 is 0 Å². The van der Waals surface area contributed by atoms with Crippen molar-refractivity contribution in [1.29, 1.82) is 0 Å². The van der Waals surface area contributed by atoms with Gasteiger partial charge in [0.2, 0.25) is 5.91 Å². The third-order valence-corrected chi connectivity index (χ3v) is 3.08. The molecular formula is C12H23NO2. The van der Waals surface area contributed by atoms with Gasteiger partial charge in [-0.2, -0.15) is 0 Å². The van der Waals surface area contributed by atoms with Gasteiger partial charge in [-0.1, -0.05) is 13.8 Å². The molecule has 0 saturated carbocycles. The Morgan fingerprint density at radius 1 is 1.40 bits per heavy atom. The number of nitrogens with zero attached hydrogens (tertiary/aromatic N) is 1. The molecule has 88 valence electrons. The molecule has 1 saturated heterocycles. The van der Waals surface area contributed by atoms with E-state index in [2.05, 4.69) is 0 Å². The fraction of sp³-hybridized carbons (Fsp3) is 0.917. The molecule has 0 N–H and O–H groups in total. The topological polar surface area (TPSA) is 29.5 Å². The molecule has 1 fully saturated rings. The Hall–Kier alpha value is -0.570. The van der Waals surface area contributed by atoms with Gasteiger partial charge in [0, 0.05) is 32.7 Å². The molecular weight excluding hydrogens is 190 g/mol. The molecule has 0 atom stereocenters. The Bertz CT molecular complexity index is 198. The molecule has 0 spiro atoms. The normalized spacial score (nSPS) is 18.1. The van der Waals surface area contributed by atoms with Gasteiger partial charge in [-0.05, 0) is 25.2 Å².